The minimum Gasteiger partial charge on any atom is -0.338 e. The second-order valence-electron chi connectivity index (χ2n) is 4.35. The van der Waals surface area contributed by atoms with Crippen molar-refractivity contribution in [3.8, 4) is 6.07 Å². The molecule has 0 aromatic heterocycles. The van der Waals surface area contributed by atoms with E-state index in [0.29, 0.717) is 19.0 Å². The first kappa shape index (κ1) is 12.8. The van der Waals surface area contributed by atoms with Crippen molar-refractivity contribution in [1.82, 2.24) is 10.6 Å². The average Bonchev–Trinajstić information content (AvgIpc) is 2.30. The minimum absolute atomic E-state index is 0.0520. The van der Waals surface area contributed by atoms with Crippen molar-refractivity contribution in [1.29, 1.82) is 5.26 Å². The summed E-state index contributed by atoms with van der Waals surface area (Å²) in [6.45, 7) is 0.667. The molecule has 0 atom stereocenters. The van der Waals surface area contributed by atoms with Gasteiger partial charge in [-0.2, -0.15) is 5.26 Å². The van der Waals surface area contributed by atoms with Crippen LogP contribution in [0.15, 0.2) is 0 Å². The molecule has 0 aromatic carbocycles. The zero-order valence-electron chi connectivity index (χ0n) is 9.80. The number of nitrogens with one attached hydrogen (secondary N) is 2. The smallest absolute Gasteiger partial charge is 0.315 e. The Morgan fingerprint density at radius 1 is 1.25 bits per heavy atom. The van der Waals surface area contributed by atoms with Gasteiger partial charge < -0.3 is 10.6 Å². The number of carbonyl (C=O) groups excluding carboxylic acids is 1. The van der Waals surface area contributed by atoms with Crippen LogP contribution in [0.25, 0.3) is 0 Å². The fourth-order valence-corrected chi connectivity index (χ4v) is 2.01. The van der Waals surface area contributed by atoms with E-state index >= 15 is 0 Å². The van der Waals surface area contributed by atoms with Crippen LogP contribution in [0.5, 0.6) is 0 Å². The number of amides is 2. The number of hydrogen-bond donors (Lipinski definition) is 2. The van der Waals surface area contributed by atoms with Gasteiger partial charge in [0.1, 0.15) is 0 Å². The van der Waals surface area contributed by atoms with Gasteiger partial charge in [0, 0.05) is 19.0 Å². The molecule has 16 heavy (non-hydrogen) atoms. The normalized spacial score (nSPS) is 16.4. The van der Waals surface area contributed by atoms with Crippen molar-refractivity contribution >= 4 is 6.03 Å². The van der Waals surface area contributed by atoms with E-state index in [9.17, 15) is 4.79 Å². The van der Waals surface area contributed by atoms with E-state index in [4.69, 9.17) is 5.26 Å². The third-order valence-corrected chi connectivity index (χ3v) is 2.94. The van der Waals surface area contributed by atoms with Gasteiger partial charge in [0.05, 0.1) is 6.07 Å². The topological polar surface area (TPSA) is 64.9 Å². The number of nitrogens with zero attached hydrogens (tertiary/aromatic N) is 1. The standard InChI is InChI=1S/C12H21N3O/c13-9-5-2-6-10-14-12(16)15-11-7-3-1-4-8-11/h11H,1-8,10H2,(H2,14,15,16). The molecule has 0 aliphatic heterocycles. The first-order valence-electron chi connectivity index (χ1n) is 6.24. The molecule has 0 heterocycles. The fraction of sp³-hybridized carbons (Fsp3) is 0.833. The molecule has 0 radical (unpaired) electrons. The monoisotopic (exact) mass is 223 g/mol. The van der Waals surface area contributed by atoms with E-state index < -0.39 is 0 Å². The van der Waals surface area contributed by atoms with Gasteiger partial charge in [0.25, 0.3) is 0 Å². The number of nitriles is 1. The van der Waals surface area contributed by atoms with Crippen LogP contribution in [-0.4, -0.2) is 18.6 Å². The molecule has 2 N–H and O–H groups in total. The van der Waals surface area contributed by atoms with Crippen LogP contribution in [-0.2, 0) is 0 Å². The lowest BCUT2D eigenvalue weighted by atomic mass is 9.96. The number of hydrogen-bond acceptors (Lipinski definition) is 2. The zero-order valence-corrected chi connectivity index (χ0v) is 9.80. The number of rotatable bonds is 5. The van der Waals surface area contributed by atoms with Crippen LogP contribution < -0.4 is 10.6 Å². The van der Waals surface area contributed by atoms with E-state index in [0.717, 1.165) is 25.7 Å². The Bertz CT molecular complexity index is 241. The van der Waals surface area contributed by atoms with Gasteiger partial charge in [-0.3, -0.25) is 0 Å². The summed E-state index contributed by atoms with van der Waals surface area (Å²) >= 11 is 0. The summed E-state index contributed by atoms with van der Waals surface area (Å²) in [7, 11) is 0. The van der Waals surface area contributed by atoms with Gasteiger partial charge in [0.15, 0.2) is 0 Å². The van der Waals surface area contributed by atoms with Crippen LogP contribution in [0.2, 0.25) is 0 Å². The highest BCUT2D eigenvalue weighted by Gasteiger charge is 2.14. The Labute approximate surface area is 97.4 Å². The second kappa shape index (κ2) is 7.98. The highest BCUT2D eigenvalue weighted by Crippen LogP contribution is 2.16. The van der Waals surface area contributed by atoms with Crippen molar-refractivity contribution in [2.24, 2.45) is 0 Å². The molecule has 1 saturated carbocycles. The molecule has 1 fully saturated rings. The summed E-state index contributed by atoms with van der Waals surface area (Å²) in [5, 5.41) is 14.2. The largest absolute Gasteiger partial charge is 0.338 e. The van der Waals surface area contributed by atoms with E-state index in [-0.39, 0.29) is 6.03 Å². The van der Waals surface area contributed by atoms with Gasteiger partial charge in [-0.1, -0.05) is 19.3 Å². The number of carbonyl (C=O) groups is 1. The lowest BCUT2D eigenvalue weighted by Crippen LogP contribution is -2.43. The van der Waals surface area contributed by atoms with Gasteiger partial charge in [-0.05, 0) is 25.7 Å². The van der Waals surface area contributed by atoms with Gasteiger partial charge >= 0.3 is 6.03 Å². The maximum Gasteiger partial charge on any atom is 0.315 e. The van der Waals surface area contributed by atoms with Crippen LogP contribution >= 0.6 is 0 Å². The molecule has 0 saturated heterocycles. The number of unbranched alkanes of at least 4 members (excludes halogenated alkanes) is 2. The van der Waals surface area contributed by atoms with Crippen molar-refractivity contribution in [3.05, 3.63) is 0 Å². The molecular formula is C12H21N3O. The average molecular weight is 223 g/mol. The first-order valence-corrected chi connectivity index (χ1v) is 6.24. The summed E-state index contributed by atoms with van der Waals surface area (Å²) in [5.41, 5.74) is 0. The third-order valence-electron chi connectivity index (χ3n) is 2.94. The summed E-state index contributed by atoms with van der Waals surface area (Å²) < 4.78 is 0. The molecule has 4 nitrogen and oxygen atoms in total. The van der Waals surface area contributed by atoms with Crippen LogP contribution in [0.3, 0.4) is 0 Å². The number of urea groups is 1. The van der Waals surface area contributed by atoms with E-state index in [1.54, 1.807) is 0 Å². The third kappa shape index (κ3) is 5.59. The zero-order chi connectivity index (χ0) is 11.6. The molecule has 4 heteroatoms. The minimum atomic E-state index is -0.0520. The van der Waals surface area contributed by atoms with Crippen LogP contribution in [0.1, 0.15) is 51.4 Å². The predicted molar refractivity (Wildman–Crippen MR) is 62.9 cm³/mol. The van der Waals surface area contributed by atoms with Gasteiger partial charge in [0.2, 0.25) is 0 Å². The molecule has 0 bridgehead atoms. The fourth-order valence-electron chi connectivity index (χ4n) is 2.01. The second-order valence-corrected chi connectivity index (χ2v) is 4.35. The Balaban J connectivity index is 1.99. The lowest BCUT2D eigenvalue weighted by molar-refractivity contribution is 0.232. The Morgan fingerprint density at radius 2 is 2.00 bits per heavy atom. The molecule has 1 rings (SSSR count). The predicted octanol–water partition coefficient (Wildman–Crippen LogP) is 2.31. The van der Waals surface area contributed by atoms with Crippen molar-refractivity contribution < 1.29 is 4.79 Å². The summed E-state index contributed by atoms with van der Waals surface area (Å²) in [6.07, 6.45) is 8.30. The highest BCUT2D eigenvalue weighted by molar-refractivity contribution is 5.74. The maximum atomic E-state index is 11.5. The Kier molecular flexibility index (Phi) is 6.39. The summed E-state index contributed by atoms with van der Waals surface area (Å²) in [4.78, 5) is 11.5. The molecule has 90 valence electrons. The van der Waals surface area contributed by atoms with Crippen molar-refractivity contribution in [2.45, 2.75) is 57.4 Å². The lowest BCUT2D eigenvalue weighted by Gasteiger charge is -2.22. The molecule has 2 amide bonds. The van der Waals surface area contributed by atoms with Crippen LogP contribution in [0.4, 0.5) is 4.79 Å². The molecule has 1 aliphatic carbocycles. The molecule has 0 aromatic rings. The highest BCUT2D eigenvalue weighted by atomic mass is 16.2. The maximum absolute atomic E-state index is 11.5. The van der Waals surface area contributed by atoms with E-state index in [1.165, 1.54) is 19.3 Å². The molecule has 0 unspecified atom stereocenters. The molecule has 0 spiro atoms. The van der Waals surface area contributed by atoms with Crippen molar-refractivity contribution in [3.63, 3.8) is 0 Å². The Morgan fingerprint density at radius 3 is 2.69 bits per heavy atom. The van der Waals surface area contributed by atoms with E-state index in [1.807, 2.05) is 0 Å². The molecular weight excluding hydrogens is 202 g/mol. The van der Waals surface area contributed by atoms with E-state index in [2.05, 4.69) is 16.7 Å². The van der Waals surface area contributed by atoms with Gasteiger partial charge in [-0.25, -0.2) is 4.79 Å². The summed E-state index contributed by atoms with van der Waals surface area (Å²) in [5.74, 6) is 0. The first-order chi connectivity index (χ1) is 7.83. The Hall–Kier alpha value is -1.24. The molecule has 1 aliphatic rings. The van der Waals surface area contributed by atoms with Crippen molar-refractivity contribution in [2.75, 3.05) is 6.54 Å². The summed E-state index contributed by atoms with van der Waals surface area (Å²) in [6, 6.07) is 2.41. The SMILES string of the molecule is N#CCCCCNC(=O)NC1CCCCC1. The van der Waals surface area contributed by atoms with Crippen LogP contribution in [0, 0.1) is 11.3 Å². The quantitative estimate of drug-likeness (QED) is 0.702. The van der Waals surface area contributed by atoms with Gasteiger partial charge in [-0.15, -0.1) is 0 Å².